The lowest BCUT2D eigenvalue weighted by Crippen LogP contribution is -1.95. The molecule has 2 rings (SSSR count). The summed E-state index contributed by atoms with van der Waals surface area (Å²) >= 11 is 1.46. The van der Waals surface area contributed by atoms with Gasteiger partial charge in [0.2, 0.25) is 0 Å². The van der Waals surface area contributed by atoms with Crippen LogP contribution in [0.2, 0.25) is 0 Å². The third-order valence-corrected chi connectivity index (χ3v) is 5.32. The van der Waals surface area contributed by atoms with Crippen LogP contribution in [0.4, 0.5) is 0 Å². The lowest BCUT2D eigenvalue weighted by atomic mass is 10.0. The molecule has 0 atom stereocenters. The lowest BCUT2D eigenvalue weighted by molar-refractivity contribution is 0.349. The summed E-state index contributed by atoms with van der Waals surface area (Å²) in [6.07, 6.45) is 11.2. The summed E-state index contributed by atoms with van der Waals surface area (Å²) in [6, 6.07) is 3.80. The Morgan fingerprint density at radius 3 is 2.36 bits per heavy atom. The summed E-state index contributed by atoms with van der Waals surface area (Å²) in [7, 11) is 4.91. The van der Waals surface area contributed by atoms with E-state index < -0.39 is 0 Å². The standard InChI is InChI=1S/C23H29NO3S/c1-7-9-17(8-2)11-10-16(3)12-18-15-24-28-23(18)19-13-21(26-5)22(27-6)14-20(19)25-4/h8,10-11,13-15H,2,7,9,12H2,1,3-6H3/b16-10+,17-11+. The number of benzene rings is 1. The first-order chi connectivity index (χ1) is 13.6. The Kier molecular flexibility index (Phi) is 8.33. The normalized spacial score (nSPS) is 12.0. The van der Waals surface area contributed by atoms with E-state index in [-0.39, 0.29) is 0 Å². The van der Waals surface area contributed by atoms with Crippen LogP contribution in [-0.4, -0.2) is 25.7 Å². The molecular weight excluding hydrogens is 370 g/mol. The molecule has 0 saturated carbocycles. The fourth-order valence-electron chi connectivity index (χ4n) is 2.97. The van der Waals surface area contributed by atoms with Gasteiger partial charge in [-0.05, 0) is 48.5 Å². The van der Waals surface area contributed by atoms with Gasteiger partial charge in [-0.15, -0.1) is 0 Å². The molecule has 0 amide bonds. The second-order valence-corrected chi connectivity index (χ2v) is 7.27. The molecule has 0 N–H and O–H groups in total. The minimum atomic E-state index is 0.642. The predicted molar refractivity (Wildman–Crippen MR) is 118 cm³/mol. The monoisotopic (exact) mass is 399 g/mol. The summed E-state index contributed by atoms with van der Waals surface area (Å²) in [6.45, 7) is 8.20. The number of hydrogen-bond donors (Lipinski definition) is 0. The maximum absolute atomic E-state index is 5.60. The highest BCUT2D eigenvalue weighted by Crippen LogP contribution is 2.42. The number of nitrogens with zero attached hydrogens (tertiary/aromatic N) is 1. The molecule has 150 valence electrons. The number of rotatable bonds is 10. The molecule has 0 spiro atoms. The molecule has 0 fully saturated rings. The molecule has 0 radical (unpaired) electrons. The quantitative estimate of drug-likeness (QED) is 0.444. The second-order valence-electron chi connectivity index (χ2n) is 6.47. The number of allylic oxidation sites excluding steroid dienone is 5. The summed E-state index contributed by atoms with van der Waals surface area (Å²) in [4.78, 5) is 1.08. The largest absolute Gasteiger partial charge is 0.496 e. The highest BCUT2D eigenvalue weighted by atomic mass is 32.1. The SMILES string of the molecule is C=C/C(=C\C=C(/C)Cc1cnsc1-c1cc(OC)c(OC)cc1OC)CCC. The molecule has 2 aromatic rings. The average Bonchev–Trinajstić information content (AvgIpc) is 3.17. The van der Waals surface area contributed by atoms with Crippen LogP contribution in [-0.2, 0) is 6.42 Å². The van der Waals surface area contributed by atoms with Gasteiger partial charge in [0.05, 0.1) is 26.2 Å². The molecule has 0 aliphatic carbocycles. The van der Waals surface area contributed by atoms with Crippen LogP contribution < -0.4 is 14.2 Å². The van der Waals surface area contributed by atoms with Crippen molar-refractivity contribution in [2.75, 3.05) is 21.3 Å². The van der Waals surface area contributed by atoms with Gasteiger partial charge in [0.25, 0.3) is 0 Å². The molecule has 1 aromatic heterocycles. The van der Waals surface area contributed by atoms with E-state index in [1.54, 1.807) is 21.3 Å². The Balaban J connectivity index is 2.37. The van der Waals surface area contributed by atoms with Gasteiger partial charge < -0.3 is 14.2 Å². The maximum Gasteiger partial charge on any atom is 0.164 e. The van der Waals surface area contributed by atoms with E-state index in [2.05, 4.69) is 37.0 Å². The van der Waals surface area contributed by atoms with E-state index >= 15 is 0 Å². The van der Waals surface area contributed by atoms with E-state index in [1.165, 1.54) is 22.7 Å². The molecule has 0 saturated heterocycles. The van der Waals surface area contributed by atoms with Crippen LogP contribution in [0.3, 0.4) is 0 Å². The van der Waals surface area contributed by atoms with Crippen molar-refractivity contribution in [2.45, 2.75) is 33.1 Å². The van der Waals surface area contributed by atoms with Gasteiger partial charge in [0.1, 0.15) is 5.75 Å². The number of ether oxygens (including phenoxy) is 3. The smallest absolute Gasteiger partial charge is 0.164 e. The topological polar surface area (TPSA) is 40.6 Å². The molecule has 0 aliphatic heterocycles. The average molecular weight is 400 g/mol. The zero-order valence-electron chi connectivity index (χ0n) is 17.4. The van der Waals surface area contributed by atoms with Crippen molar-refractivity contribution in [3.8, 4) is 27.7 Å². The van der Waals surface area contributed by atoms with Crippen LogP contribution in [0.5, 0.6) is 17.2 Å². The van der Waals surface area contributed by atoms with E-state index in [1.807, 2.05) is 24.4 Å². The van der Waals surface area contributed by atoms with Gasteiger partial charge >= 0.3 is 0 Å². The first-order valence-electron chi connectivity index (χ1n) is 9.30. The zero-order valence-corrected chi connectivity index (χ0v) is 18.2. The van der Waals surface area contributed by atoms with Crippen LogP contribution in [0.15, 0.2) is 54.3 Å². The van der Waals surface area contributed by atoms with E-state index in [4.69, 9.17) is 14.2 Å². The summed E-state index contributed by atoms with van der Waals surface area (Å²) in [5.74, 6) is 2.05. The van der Waals surface area contributed by atoms with E-state index in [9.17, 15) is 0 Å². The summed E-state index contributed by atoms with van der Waals surface area (Å²) in [5, 5.41) is 0. The minimum Gasteiger partial charge on any atom is -0.496 e. The minimum absolute atomic E-state index is 0.642. The molecule has 5 heteroatoms. The Labute approximate surface area is 172 Å². The van der Waals surface area contributed by atoms with Gasteiger partial charge in [-0.3, -0.25) is 0 Å². The molecule has 4 nitrogen and oxygen atoms in total. The summed E-state index contributed by atoms with van der Waals surface area (Å²) < 4.78 is 20.9. The van der Waals surface area contributed by atoms with Crippen molar-refractivity contribution in [3.05, 3.63) is 59.8 Å². The zero-order chi connectivity index (χ0) is 20.5. The van der Waals surface area contributed by atoms with Crippen LogP contribution >= 0.6 is 11.5 Å². The Morgan fingerprint density at radius 2 is 1.75 bits per heavy atom. The lowest BCUT2D eigenvalue weighted by Gasteiger charge is -2.14. The van der Waals surface area contributed by atoms with Gasteiger partial charge in [-0.2, -0.15) is 0 Å². The number of methoxy groups -OCH3 is 3. The fraction of sp³-hybridized carbons (Fsp3) is 0.348. The number of aromatic nitrogens is 1. The van der Waals surface area contributed by atoms with Crippen molar-refractivity contribution in [1.29, 1.82) is 0 Å². The first-order valence-corrected chi connectivity index (χ1v) is 10.1. The molecule has 0 unspecified atom stereocenters. The van der Waals surface area contributed by atoms with Crippen LogP contribution in [0, 0.1) is 0 Å². The van der Waals surface area contributed by atoms with Gasteiger partial charge in [0.15, 0.2) is 11.5 Å². The predicted octanol–water partition coefficient (Wildman–Crippen LogP) is 6.24. The molecule has 28 heavy (non-hydrogen) atoms. The van der Waals surface area contributed by atoms with E-state index in [0.29, 0.717) is 11.5 Å². The Morgan fingerprint density at radius 1 is 1.07 bits per heavy atom. The van der Waals surface area contributed by atoms with Crippen LogP contribution in [0.25, 0.3) is 10.4 Å². The second kappa shape index (κ2) is 10.7. The number of hydrogen-bond acceptors (Lipinski definition) is 5. The van der Waals surface area contributed by atoms with Gasteiger partial charge in [0, 0.05) is 17.8 Å². The van der Waals surface area contributed by atoms with Crippen molar-refractivity contribution >= 4 is 11.5 Å². The maximum atomic E-state index is 5.60. The third kappa shape index (κ3) is 5.26. The van der Waals surface area contributed by atoms with Crippen molar-refractivity contribution in [3.63, 3.8) is 0 Å². The molecule has 0 aliphatic rings. The Bertz CT molecular complexity index is 865. The van der Waals surface area contributed by atoms with Crippen molar-refractivity contribution < 1.29 is 14.2 Å². The highest BCUT2D eigenvalue weighted by molar-refractivity contribution is 7.09. The molecule has 1 aromatic carbocycles. The molecular formula is C23H29NO3S. The highest BCUT2D eigenvalue weighted by Gasteiger charge is 2.18. The van der Waals surface area contributed by atoms with Gasteiger partial charge in [-0.1, -0.05) is 43.7 Å². The van der Waals surface area contributed by atoms with Crippen molar-refractivity contribution in [2.24, 2.45) is 0 Å². The first kappa shape index (κ1) is 21.8. The third-order valence-electron chi connectivity index (χ3n) is 4.45. The fourth-order valence-corrected chi connectivity index (χ4v) is 3.75. The summed E-state index contributed by atoms with van der Waals surface area (Å²) in [5.41, 5.74) is 4.63. The van der Waals surface area contributed by atoms with Crippen molar-refractivity contribution in [1.82, 2.24) is 4.37 Å². The Hall–Kier alpha value is -2.53. The van der Waals surface area contributed by atoms with E-state index in [0.717, 1.165) is 41.0 Å². The molecule has 1 heterocycles. The van der Waals surface area contributed by atoms with Gasteiger partial charge in [-0.25, -0.2) is 4.37 Å². The van der Waals surface area contributed by atoms with Crippen LogP contribution in [0.1, 0.15) is 32.3 Å². The molecule has 0 bridgehead atoms.